The number of nitrogens with zero attached hydrogens (tertiary/aromatic N) is 2. The highest BCUT2D eigenvalue weighted by Gasteiger charge is 2.49. The third-order valence-electron chi connectivity index (χ3n) is 8.36. The van der Waals surface area contributed by atoms with E-state index in [1.54, 1.807) is 0 Å². The number of ether oxygens (including phenoxy) is 1. The third kappa shape index (κ3) is 4.76. The first-order chi connectivity index (χ1) is 16.4. The van der Waals surface area contributed by atoms with Crippen LogP contribution in [-0.2, 0) is 10.2 Å². The van der Waals surface area contributed by atoms with E-state index in [9.17, 15) is 9.59 Å². The lowest BCUT2D eigenvalue weighted by molar-refractivity contribution is -0.131. The Morgan fingerprint density at radius 1 is 1.06 bits per heavy atom. The second-order valence-electron chi connectivity index (χ2n) is 10.6. The van der Waals surface area contributed by atoms with Crippen molar-refractivity contribution in [1.82, 2.24) is 9.80 Å². The van der Waals surface area contributed by atoms with Gasteiger partial charge in [-0.3, -0.25) is 9.59 Å². The van der Waals surface area contributed by atoms with Crippen LogP contribution in [-0.4, -0.2) is 54.4 Å². The van der Waals surface area contributed by atoms with E-state index < -0.39 is 0 Å². The van der Waals surface area contributed by atoms with Crippen molar-refractivity contribution in [2.75, 3.05) is 26.7 Å². The first-order valence-corrected chi connectivity index (χ1v) is 12.8. The number of amides is 1. The van der Waals surface area contributed by atoms with Crippen LogP contribution in [0.2, 0.25) is 0 Å². The van der Waals surface area contributed by atoms with Gasteiger partial charge in [0.1, 0.15) is 5.75 Å². The summed E-state index contributed by atoms with van der Waals surface area (Å²) in [6.07, 6.45) is 6.93. The molecule has 0 spiro atoms. The normalized spacial score (nSPS) is 27.0. The van der Waals surface area contributed by atoms with Crippen molar-refractivity contribution >= 4 is 11.9 Å². The molecule has 0 unspecified atom stereocenters. The van der Waals surface area contributed by atoms with Crippen molar-refractivity contribution in [1.29, 1.82) is 0 Å². The topological polar surface area (TPSA) is 49.9 Å². The van der Waals surface area contributed by atoms with Crippen LogP contribution in [0.5, 0.6) is 5.75 Å². The van der Waals surface area contributed by atoms with Gasteiger partial charge in [-0.05, 0) is 86.7 Å². The molecule has 5 rings (SSSR count). The minimum atomic E-state index is -0.292. The van der Waals surface area contributed by atoms with Crippen LogP contribution < -0.4 is 4.74 Å². The van der Waals surface area contributed by atoms with Crippen LogP contribution in [0.4, 0.5) is 0 Å². The Balaban J connectivity index is 1.42. The van der Waals surface area contributed by atoms with Gasteiger partial charge in [0, 0.05) is 44.1 Å². The van der Waals surface area contributed by atoms with Crippen LogP contribution in [0.1, 0.15) is 61.4 Å². The lowest BCUT2D eigenvalue weighted by atomic mass is 9.57. The molecule has 2 saturated carbocycles. The van der Waals surface area contributed by atoms with Gasteiger partial charge in [0.25, 0.3) is 5.91 Å². The summed E-state index contributed by atoms with van der Waals surface area (Å²) in [4.78, 5) is 29.5. The van der Waals surface area contributed by atoms with E-state index in [0.29, 0.717) is 11.7 Å². The van der Waals surface area contributed by atoms with Crippen molar-refractivity contribution in [3.8, 4) is 5.75 Å². The number of fused-ring (bicyclic) bond motifs is 1. The van der Waals surface area contributed by atoms with E-state index in [-0.39, 0.29) is 23.3 Å². The zero-order chi connectivity index (χ0) is 23.7. The zero-order valence-corrected chi connectivity index (χ0v) is 20.4. The number of carbonyl (C=O) groups excluding carboxylic acids is 2. The summed E-state index contributed by atoms with van der Waals surface area (Å²) in [7, 11) is 1.96. The van der Waals surface area contributed by atoms with Crippen molar-refractivity contribution in [3.63, 3.8) is 0 Å². The first-order valence-electron chi connectivity index (χ1n) is 12.8. The van der Waals surface area contributed by atoms with Gasteiger partial charge < -0.3 is 14.5 Å². The molecular formula is C29H36N2O3. The molecular weight excluding hydrogens is 424 g/mol. The highest BCUT2D eigenvalue weighted by molar-refractivity contribution is 5.94. The maximum atomic E-state index is 13.3. The predicted octanol–water partition coefficient (Wildman–Crippen LogP) is 4.91. The van der Waals surface area contributed by atoms with E-state index in [1.165, 1.54) is 31.9 Å². The maximum Gasteiger partial charge on any atom is 0.308 e. The number of piperidine rings is 1. The van der Waals surface area contributed by atoms with E-state index in [4.69, 9.17) is 4.74 Å². The Morgan fingerprint density at radius 2 is 1.85 bits per heavy atom. The first kappa shape index (κ1) is 23.1. The fourth-order valence-electron chi connectivity index (χ4n) is 6.34. The monoisotopic (exact) mass is 460 g/mol. The Bertz CT molecular complexity index is 1030. The Hall–Kier alpha value is -2.66. The molecule has 3 atom stereocenters. The molecule has 3 fully saturated rings. The third-order valence-corrected chi connectivity index (χ3v) is 8.36. The Labute approximate surface area is 203 Å². The molecule has 34 heavy (non-hydrogen) atoms. The van der Waals surface area contributed by atoms with Crippen molar-refractivity contribution in [3.05, 3.63) is 65.7 Å². The van der Waals surface area contributed by atoms with Gasteiger partial charge in [0.05, 0.1) is 0 Å². The molecule has 180 valence electrons. The molecule has 1 heterocycles. The van der Waals surface area contributed by atoms with Gasteiger partial charge in [0.2, 0.25) is 0 Å². The summed E-state index contributed by atoms with van der Waals surface area (Å²) in [5.74, 6) is 1.86. The van der Waals surface area contributed by atoms with Gasteiger partial charge >= 0.3 is 5.97 Å². The average molecular weight is 461 g/mol. The summed E-state index contributed by atoms with van der Waals surface area (Å²) in [6.45, 7) is 4.89. The van der Waals surface area contributed by atoms with Crippen molar-refractivity contribution in [2.24, 2.45) is 11.8 Å². The Kier molecular flexibility index (Phi) is 6.48. The SMILES string of the molecule is CC(=O)Oc1cccc([C@@]23CCN(CC4CC4)C[C@H]2CC[C@@H](N(C)C(=O)c2ccccc2)C3)c1. The van der Waals surface area contributed by atoms with Gasteiger partial charge in [0.15, 0.2) is 0 Å². The number of benzene rings is 2. The largest absolute Gasteiger partial charge is 0.427 e. The fourth-order valence-corrected chi connectivity index (χ4v) is 6.34. The standard InChI is InChI=1S/C29H36N2O3/c1-21(32)34-27-10-6-9-24(17-27)29-15-16-31(19-22-11-12-22)20-25(29)13-14-26(18-29)30(2)28(33)23-7-4-3-5-8-23/h3-10,17,22,25-26H,11-16,18-20H2,1-2H3/t25-,26-,29+/m1/s1. The smallest absolute Gasteiger partial charge is 0.308 e. The molecule has 1 saturated heterocycles. The molecule has 0 N–H and O–H groups in total. The van der Waals surface area contributed by atoms with Crippen LogP contribution in [0, 0.1) is 11.8 Å². The summed E-state index contributed by atoms with van der Waals surface area (Å²) in [6, 6.07) is 18.0. The molecule has 3 aliphatic rings. The van der Waals surface area contributed by atoms with Crippen LogP contribution in [0.3, 0.4) is 0 Å². The number of esters is 1. The number of likely N-dealkylation sites (tertiary alicyclic amines) is 1. The lowest BCUT2D eigenvalue weighted by Gasteiger charge is -2.54. The molecule has 2 aromatic carbocycles. The summed E-state index contributed by atoms with van der Waals surface area (Å²) in [5, 5.41) is 0. The quantitative estimate of drug-likeness (QED) is 0.454. The highest BCUT2D eigenvalue weighted by atomic mass is 16.5. The van der Waals surface area contributed by atoms with E-state index in [2.05, 4.69) is 17.0 Å². The number of hydrogen-bond acceptors (Lipinski definition) is 4. The molecule has 5 nitrogen and oxygen atoms in total. The second kappa shape index (κ2) is 9.53. The number of rotatable bonds is 6. The summed E-state index contributed by atoms with van der Waals surface area (Å²) >= 11 is 0. The second-order valence-corrected chi connectivity index (χ2v) is 10.6. The Morgan fingerprint density at radius 3 is 2.59 bits per heavy atom. The molecule has 0 bridgehead atoms. The average Bonchev–Trinajstić information content (AvgIpc) is 3.67. The van der Waals surface area contributed by atoms with Crippen LogP contribution in [0.25, 0.3) is 0 Å². The van der Waals surface area contributed by atoms with E-state index in [1.807, 2.05) is 54.4 Å². The molecule has 1 amide bonds. The highest BCUT2D eigenvalue weighted by Crippen LogP contribution is 2.51. The minimum Gasteiger partial charge on any atom is -0.427 e. The van der Waals surface area contributed by atoms with Crippen molar-refractivity contribution in [2.45, 2.75) is 56.9 Å². The molecule has 2 aromatic rings. The van der Waals surface area contributed by atoms with Gasteiger partial charge in [-0.25, -0.2) is 0 Å². The van der Waals surface area contributed by atoms with Gasteiger partial charge in [-0.2, -0.15) is 0 Å². The van der Waals surface area contributed by atoms with E-state index in [0.717, 1.165) is 50.3 Å². The van der Waals surface area contributed by atoms with Crippen LogP contribution >= 0.6 is 0 Å². The van der Waals surface area contributed by atoms with Crippen molar-refractivity contribution < 1.29 is 14.3 Å². The zero-order valence-electron chi connectivity index (χ0n) is 20.4. The molecule has 2 aliphatic carbocycles. The maximum absolute atomic E-state index is 13.3. The van der Waals surface area contributed by atoms with Gasteiger partial charge in [-0.15, -0.1) is 0 Å². The number of carbonyl (C=O) groups is 2. The molecule has 5 heteroatoms. The minimum absolute atomic E-state index is 0.00957. The summed E-state index contributed by atoms with van der Waals surface area (Å²) in [5.41, 5.74) is 1.99. The van der Waals surface area contributed by atoms with Gasteiger partial charge in [-0.1, -0.05) is 30.3 Å². The molecule has 1 aliphatic heterocycles. The summed E-state index contributed by atoms with van der Waals surface area (Å²) < 4.78 is 5.46. The predicted molar refractivity (Wildman–Crippen MR) is 133 cm³/mol. The van der Waals surface area contributed by atoms with Crippen LogP contribution in [0.15, 0.2) is 54.6 Å². The number of hydrogen-bond donors (Lipinski definition) is 0. The fraction of sp³-hybridized carbons (Fsp3) is 0.517. The van der Waals surface area contributed by atoms with E-state index >= 15 is 0 Å². The molecule has 0 radical (unpaired) electrons. The lowest BCUT2D eigenvalue weighted by Crippen LogP contribution is -2.56. The molecule has 0 aromatic heterocycles.